The van der Waals surface area contributed by atoms with E-state index in [4.69, 9.17) is 37.4 Å². The maximum Gasteiger partial charge on any atom is 0.310 e. The third-order valence-corrected chi connectivity index (χ3v) is 4.38. The summed E-state index contributed by atoms with van der Waals surface area (Å²) in [5, 5.41) is 3.42. The molecule has 1 N–H and O–H groups in total. The molecule has 0 fully saturated rings. The Labute approximate surface area is 159 Å². The summed E-state index contributed by atoms with van der Waals surface area (Å²) in [5.74, 6) is 0.312. The summed E-state index contributed by atoms with van der Waals surface area (Å²) in [5.41, 5.74) is 1.32. The molecule has 2 aromatic carbocycles. The van der Waals surface area contributed by atoms with Crippen molar-refractivity contribution < 1.29 is 23.8 Å². The first kappa shape index (κ1) is 18.4. The minimum Gasteiger partial charge on any atom is -0.455 e. The SMILES string of the molecule is O=C(COC(=O)Cc1c(Cl)cccc1Cl)NCc1ccc2c(c1)OCO2. The molecule has 0 aromatic heterocycles. The Morgan fingerprint density at radius 2 is 1.81 bits per heavy atom. The van der Waals surface area contributed by atoms with Crippen LogP contribution < -0.4 is 14.8 Å². The van der Waals surface area contributed by atoms with Crippen molar-refractivity contribution >= 4 is 35.1 Å². The lowest BCUT2D eigenvalue weighted by Gasteiger charge is -2.09. The van der Waals surface area contributed by atoms with Crippen molar-refractivity contribution in [3.63, 3.8) is 0 Å². The van der Waals surface area contributed by atoms with Gasteiger partial charge in [0.15, 0.2) is 18.1 Å². The van der Waals surface area contributed by atoms with E-state index in [9.17, 15) is 9.59 Å². The van der Waals surface area contributed by atoms with Gasteiger partial charge in [0.2, 0.25) is 6.79 Å². The van der Waals surface area contributed by atoms with Crippen molar-refractivity contribution in [3.05, 3.63) is 57.6 Å². The minimum absolute atomic E-state index is 0.103. The molecule has 1 amide bonds. The summed E-state index contributed by atoms with van der Waals surface area (Å²) in [6, 6.07) is 10.3. The molecule has 0 spiro atoms. The Bertz CT molecular complexity index is 820. The second kappa shape index (κ2) is 8.29. The first-order valence-electron chi connectivity index (χ1n) is 7.76. The summed E-state index contributed by atoms with van der Waals surface area (Å²) < 4.78 is 15.5. The molecular weight excluding hydrogens is 381 g/mol. The fourth-order valence-corrected chi connectivity index (χ4v) is 2.88. The summed E-state index contributed by atoms with van der Waals surface area (Å²) in [7, 11) is 0. The lowest BCUT2D eigenvalue weighted by molar-refractivity contribution is -0.147. The van der Waals surface area contributed by atoms with Crippen LogP contribution in [-0.2, 0) is 27.3 Å². The van der Waals surface area contributed by atoms with Crippen LogP contribution in [0.5, 0.6) is 11.5 Å². The molecule has 1 heterocycles. The molecule has 0 radical (unpaired) electrons. The number of esters is 1. The third kappa shape index (κ3) is 4.59. The normalized spacial score (nSPS) is 11.9. The Hall–Kier alpha value is -2.44. The van der Waals surface area contributed by atoms with Gasteiger partial charge in [0.25, 0.3) is 5.91 Å². The van der Waals surface area contributed by atoms with Gasteiger partial charge in [-0.2, -0.15) is 0 Å². The molecule has 2 aromatic rings. The van der Waals surface area contributed by atoms with Crippen LogP contribution in [0.1, 0.15) is 11.1 Å². The van der Waals surface area contributed by atoms with Gasteiger partial charge in [-0.3, -0.25) is 9.59 Å². The summed E-state index contributed by atoms with van der Waals surface area (Å²) in [6.45, 7) is 0.0887. The second-order valence-corrected chi connectivity index (χ2v) is 6.32. The van der Waals surface area contributed by atoms with Gasteiger partial charge in [-0.25, -0.2) is 0 Å². The Morgan fingerprint density at radius 3 is 2.58 bits per heavy atom. The monoisotopic (exact) mass is 395 g/mol. The number of benzene rings is 2. The first-order chi connectivity index (χ1) is 12.5. The van der Waals surface area contributed by atoms with Crippen molar-refractivity contribution in [1.29, 1.82) is 0 Å². The molecule has 6 nitrogen and oxygen atoms in total. The number of halogens is 2. The molecule has 0 saturated heterocycles. The van der Waals surface area contributed by atoms with Crippen LogP contribution in [0.15, 0.2) is 36.4 Å². The molecule has 8 heteroatoms. The van der Waals surface area contributed by atoms with E-state index in [-0.39, 0.29) is 26.4 Å². The molecule has 0 aliphatic carbocycles. The fourth-order valence-electron chi connectivity index (χ4n) is 2.35. The molecule has 26 heavy (non-hydrogen) atoms. The van der Waals surface area contributed by atoms with Gasteiger partial charge in [-0.15, -0.1) is 0 Å². The number of amides is 1. The minimum atomic E-state index is -0.585. The number of hydrogen-bond donors (Lipinski definition) is 1. The van der Waals surface area contributed by atoms with E-state index in [2.05, 4.69) is 5.32 Å². The molecular formula is C18H15Cl2NO5. The largest absolute Gasteiger partial charge is 0.455 e. The highest BCUT2D eigenvalue weighted by Crippen LogP contribution is 2.32. The van der Waals surface area contributed by atoms with Crippen molar-refractivity contribution in [2.75, 3.05) is 13.4 Å². The van der Waals surface area contributed by atoms with Crippen molar-refractivity contribution in [3.8, 4) is 11.5 Å². The highest BCUT2D eigenvalue weighted by atomic mass is 35.5. The van der Waals surface area contributed by atoms with Crippen molar-refractivity contribution in [2.24, 2.45) is 0 Å². The van der Waals surface area contributed by atoms with Gasteiger partial charge in [-0.1, -0.05) is 35.3 Å². The molecule has 1 aliphatic heterocycles. The molecule has 3 rings (SSSR count). The Morgan fingerprint density at radius 1 is 1.08 bits per heavy atom. The van der Waals surface area contributed by atoms with E-state index in [0.717, 1.165) is 5.56 Å². The lowest BCUT2D eigenvalue weighted by Crippen LogP contribution is -2.28. The van der Waals surface area contributed by atoms with Gasteiger partial charge in [0, 0.05) is 22.2 Å². The van der Waals surface area contributed by atoms with Crippen LogP contribution in [-0.4, -0.2) is 25.3 Å². The molecule has 0 bridgehead atoms. The van der Waals surface area contributed by atoms with Crippen LogP contribution in [0.25, 0.3) is 0 Å². The Balaban J connectivity index is 1.44. The predicted molar refractivity (Wildman–Crippen MR) is 95.5 cm³/mol. The summed E-state index contributed by atoms with van der Waals surface area (Å²) in [4.78, 5) is 23.7. The zero-order valence-corrected chi connectivity index (χ0v) is 15.1. The topological polar surface area (TPSA) is 73.9 Å². The highest BCUT2D eigenvalue weighted by molar-refractivity contribution is 6.36. The standard InChI is InChI=1S/C18H15Cl2NO5/c19-13-2-1-3-14(20)12(13)7-18(23)24-9-17(22)21-8-11-4-5-15-16(6-11)26-10-25-15/h1-6H,7-10H2,(H,21,22). The highest BCUT2D eigenvalue weighted by Gasteiger charge is 2.15. The van der Waals surface area contributed by atoms with Crippen LogP contribution in [0.3, 0.4) is 0 Å². The van der Waals surface area contributed by atoms with Crippen molar-refractivity contribution in [1.82, 2.24) is 5.32 Å². The predicted octanol–water partition coefficient (Wildman–Crippen LogP) is 3.12. The van der Waals surface area contributed by atoms with E-state index in [1.165, 1.54) is 0 Å². The maximum atomic E-state index is 11.9. The third-order valence-electron chi connectivity index (χ3n) is 3.67. The average molecular weight is 396 g/mol. The summed E-state index contributed by atoms with van der Waals surface area (Å²) in [6.07, 6.45) is -0.103. The van der Waals surface area contributed by atoms with Gasteiger partial charge in [0.05, 0.1) is 6.42 Å². The van der Waals surface area contributed by atoms with Crippen LogP contribution >= 0.6 is 23.2 Å². The smallest absolute Gasteiger partial charge is 0.310 e. The molecule has 0 unspecified atom stereocenters. The van der Waals surface area contributed by atoms with E-state index in [1.807, 2.05) is 6.07 Å². The van der Waals surface area contributed by atoms with Gasteiger partial charge in [-0.05, 0) is 29.8 Å². The molecule has 0 atom stereocenters. The van der Waals surface area contributed by atoms with Crippen molar-refractivity contribution in [2.45, 2.75) is 13.0 Å². The van der Waals surface area contributed by atoms with Gasteiger partial charge < -0.3 is 19.5 Å². The zero-order valence-electron chi connectivity index (χ0n) is 13.6. The van der Waals surface area contributed by atoms with E-state index in [1.54, 1.807) is 30.3 Å². The van der Waals surface area contributed by atoms with Crippen LogP contribution in [0.4, 0.5) is 0 Å². The van der Waals surface area contributed by atoms with Crippen LogP contribution in [0.2, 0.25) is 10.0 Å². The molecule has 1 aliphatic rings. The van der Waals surface area contributed by atoms with Crippen LogP contribution in [0, 0.1) is 0 Å². The zero-order chi connectivity index (χ0) is 18.5. The second-order valence-electron chi connectivity index (χ2n) is 5.50. The average Bonchev–Trinajstić information content (AvgIpc) is 3.09. The van der Waals surface area contributed by atoms with E-state index in [0.29, 0.717) is 27.1 Å². The summed E-state index contributed by atoms with van der Waals surface area (Å²) >= 11 is 12.0. The number of carbonyl (C=O) groups is 2. The number of fused-ring (bicyclic) bond motifs is 1. The number of nitrogens with one attached hydrogen (secondary N) is 1. The number of hydrogen-bond acceptors (Lipinski definition) is 5. The lowest BCUT2D eigenvalue weighted by atomic mass is 10.1. The number of rotatable bonds is 6. The van der Waals surface area contributed by atoms with Gasteiger partial charge >= 0.3 is 5.97 Å². The maximum absolute atomic E-state index is 11.9. The van der Waals surface area contributed by atoms with E-state index >= 15 is 0 Å². The Kier molecular flexibility index (Phi) is 5.85. The van der Waals surface area contributed by atoms with E-state index < -0.39 is 11.9 Å². The van der Waals surface area contributed by atoms with Gasteiger partial charge in [0.1, 0.15) is 0 Å². The first-order valence-corrected chi connectivity index (χ1v) is 8.52. The molecule has 136 valence electrons. The quantitative estimate of drug-likeness (QED) is 0.760. The number of ether oxygens (including phenoxy) is 3. The number of carbonyl (C=O) groups excluding carboxylic acids is 2. The fraction of sp³-hybridized carbons (Fsp3) is 0.222. The molecule has 0 saturated carbocycles.